The van der Waals surface area contributed by atoms with E-state index in [1.54, 1.807) is 0 Å². The van der Waals surface area contributed by atoms with E-state index in [1.165, 1.54) is 0 Å². The Morgan fingerprint density at radius 3 is 2.35 bits per heavy atom. The standard InChI is InChI=1S/C18H32F3N3O.HI/c1-3-22-16(23-12-17(2)11-5-4-6-15(17)25)24-14-9-7-13(8-10-14)18(19,20)21;/h13-15,25H,3-12H2,1-2H3,(H2,22,23,24);1H. The molecule has 0 aromatic heterocycles. The van der Waals surface area contributed by atoms with Crippen molar-refractivity contribution in [3.05, 3.63) is 0 Å². The maximum Gasteiger partial charge on any atom is 0.391 e. The normalized spacial score (nSPS) is 33.3. The Kier molecular flexibility index (Phi) is 9.46. The molecule has 2 saturated carbocycles. The molecule has 26 heavy (non-hydrogen) atoms. The van der Waals surface area contributed by atoms with Crippen molar-refractivity contribution < 1.29 is 18.3 Å². The Morgan fingerprint density at radius 2 is 1.81 bits per heavy atom. The lowest BCUT2D eigenvalue weighted by molar-refractivity contribution is -0.182. The van der Waals surface area contributed by atoms with Crippen LogP contribution < -0.4 is 10.6 Å². The number of guanidine groups is 1. The van der Waals surface area contributed by atoms with Gasteiger partial charge in [0.25, 0.3) is 0 Å². The van der Waals surface area contributed by atoms with Gasteiger partial charge >= 0.3 is 6.18 Å². The van der Waals surface area contributed by atoms with Gasteiger partial charge in [-0.1, -0.05) is 19.8 Å². The third-order valence-electron chi connectivity index (χ3n) is 5.75. The molecule has 0 spiro atoms. The summed E-state index contributed by atoms with van der Waals surface area (Å²) in [4.78, 5) is 4.63. The van der Waals surface area contributed by atoms with Gasteiger partial charge in [0, 0.05) is 18.0 Å². The number of halogens is 4. The van der Waals surface area contributed by atoms with Crippen molar-refractivity contribution in [1.82, 2.24) is 10.6 Å². The quantitative estimate of drug-likeness (QED) is 0.314. The molecule has 2 aliphatic carbocycles. The van der Waals surface area contributed by atoms with Crippen LogP contribution in [0.4, 0.5) is 13.2 Å². The fourth-order valence-electron chi connectivity index (χ4n) is 3.90. The van der Waals surface area contributed by atoms with Gasteiger partial charge in [0.15, 0.2) is 5.96 Å². The summed E-state index contributed by atoms with van der Waals surface area (Å²) < 4.78 is 38.3. The minimum absolute atomic E-state index is 0. The van der Waals surface area contributed by atoms with Crippen LogP contribution in [0, 0.1) is 11.3 Å². The summed E-state index contributed by atoms with van der Waals surface area (Å²) in [6, 6.07) is 0.0282. The summed E-state index contributed by atoms with van der Waals surface area (Å²) >= 11 is 0. The van der Waals surface area contributed by atoms with Gasteiger partial charge in [-0.25, -0.2) is 0 Å². The third kappa shape index (κ3) is 6.73. The van der Waals surface area contributed by atoms with Crippen LogP contribution in [0.3, 0.4) is 0 Å². The summed E-state index contributed by atoms with van der Waals surface area (Å²) in [5.41, 5.74) is -0.214. The van der Waals surface area contributed by atoms with Crippen LogP contribution >= 0.6 is 24.0 Å². The van der Waals surface area contributed by atoms with Crippen LogP contribution in [0.2, 0.25) is 0 Å². The van der Waals surface area contributed by atoms with Crippen LogP contribution in [0.15, 0.2) is 4.99 Å². The van der Waals surface area contributed by atoms with Gasteiger partial charge in [0.1, 0.15) is 0 Å². The fraction of sp³-hybridized carbons (Fsp3) is 0.944. The van der Waals surface area contributed by atoms with Crippen molar-refractivity contribution >= 4 is 29.9 Å². The molecule has 0 aliphatic heterocycles. The predicted molar refractivity (Wildman–Crippen MR) is 109 cm³/mol. The maximum atomic E-state index is 12.8. The van der Waals surface area contributed by atoms with Crippen LogP contribution in [0.5, 0.6) is 0 Å². The molecule has 0 aromatic rings. The fourth-order valence-corrected chi connectivity index (χ4v) is 3.90. The molecular weight excluding hydrogens is 458 g/mol. The van der Waals surface area contributed by atoms with Crippen molar-refractivity contribution in [1.29, 1.82) is 0 Å². The average molecular weight is 491 g/mol. The first-order chi connectivity index (χ1) is 11.7. The molecular formula is C18H33F3IN3O. The van der Waals surface area contributed by atoms with Gasteiger partial charge in [-0.05, 0) is 45.4 Å². The van der Waals surface area contributed by atoms with Crippen LogP contribution in [0.1, 0.15) is 65.2 Å². The molecule has 0 amide bonds. The highest BCUT2D eigenvalue weighted by Crippen LogP contribution is 2.38. The van der Waals surface area contributed by atoms with Gasteiger partial charge in [0.2, 0.25) is 0 Å². The molecule has 2 aliphatic rings. The Morgan fingerprint density at radius 1 is 1.15 bits per heavy atom. The topological polar surface area (TPSA) is 56.7 Å². The molecule has 2 rings (SSSR count). The van der Waals surface area contributed by atoms with Crippen LogP contribution in [-0.4, -0.2) is 42.5 Å². The van der Waals surface area contributed by atoms with Crippen molar-refractivity contribution in [3.8, 4) is 0 Å². The Hall–Kier alpha value is -0.250. The number of aliphatic hydroxyl groups excluding tert-OH is 1. The minimum Gasteiger partial charge on any atom is -0.392 e. The zero-order chi connectivity index (χ0) is 18.5. The zero-order valence-electron chi connectivity index (χ0n) is 15.7. The second kappa shape index (κ2) is 10.3. The van der Waals surface area contributed by atoms with E-state index in [0.717, 1.165) is 25.7 Å². The van der Waals surface area contributed by atoms with E-state index in [2.05, 4.69) is 22.5 Å². The minimum atomic E-state index is -4.07. The van der Waals surface area contributed by atoms with E-state index in [4.69, 9.17) is 0 Å². The molecule has 0 saturated heterocycles. The monoisotopic (exact) mass is 491 g/mol. The summed E-state index contributed by atoms with van der Waals surface area (Å²) in [5, 5.41) is 16.7. The first-order valence-electron chi connectivity index (χ1n) is 9.54. The molecule has 3 N–H and O–H groups in total. The largest absolute Gasteiger partial charge is 0.392 e. The van der Waals surface area contributed by atoms with E-state index < -0.39 is 12.1 Å². The lowest BCUT2D eigenvalue weighted by Crippen LogP contribution is -2.47. The number of alkyl halides is 3. The van der Waals surface area contributed by atoms with Crippen molar-refractivity contribution in [2.45, 2.75) is 83.5 Å². The number of rotatable bonds is 4. The van der Waals surface area contributed by atoms with Gasteiger partial charge < -0.3 is 15.7 Å². The van der Waals surface area contributed by atoms with E-state index >= 15 is 0 Å². The van der Waals surface area contributed by atoms with Crippen molar-refractivity contribution in [2.75, 3.05) is 13.1 Å². The third-order valence-corrected chi connectivity index (χ3v) is 5.75. The number of hydrogen-bond acceptors (Lipinski definition) is 2. The van der Waals surface area contributed by atoms with Crippen LogP contribution in [0.25, 0.3) is 0 Å². The molecule has 4 nitrogen and oxygen atoms in total. The molecule has 8 heteroatoms. The Labute approximate surface area is 171 Å². The Balaban J connectivity index is 0.00000338. The molecule has 2 fully saturated rings. The molecule has 0 radical (unpaired) electrons. The highest BCUT2D eigenvalue weighted by Gasteiger charge is 2.41. The van der Waals surface area contributed by atoms with Crippen molar-refractivity contribution in [3.63, 3.8) is 0 Å². The molecule has 2 atom stereocenters. The van der Waals surface area contributed by atoms with Crippen molar-refractivity contribution in [2.24, 2.45) is 16.3 Å². The highest BCUT2D eigenvalue weighted by atomic mass is 127. The van der Waals surface area contributed by atoms with E-state index in [0.29, 0.717) is 31.9 Å². The Bertz CT molecular complexity index is 453. The first kappa shape index (κ1) is 23.8. The highest BCUT2D eigenvalue weighted by molar-refractivity contribution is 14.0. The van der Waals surface area contributed by atoms with Crippen LogP contribution in [-0.2, 0) is 0 Å². The molecule has 0 aromatic carbocycles. The lowest BCUT2D eigenvalue weighted by atomic mass is 9.73. The first-order valence-corrected chi connectivity index (χ1v) is 9.54. The summed E-state index contributed by atoms with van der Waals surface area (Å²) in [5.74, 6) is -0.515. The number of aliphatic imine (C=N–C) groups is 1. The summed E-state index contributed by atoms with van der Waals surface area (Å²) in [6.07, 6.45) is 0.891. The number of nitrogens with zero attached hydrogens (tertiary/aromatic N) is 1. The summed E-state index contributed by atoms with van der Waals surface area (Å²) in [6.45, 7) is 5.26. The second-order valence-electron chi connectivity index (χ2n) is 7.85. The smallest absolute Gasteiger partial charge is 0.391 e. The predicted octanol–water partition coefficient (Wildman–Crippen LogP) is 4.22. The van der Waals surface area contributed by atoms with Gasteiger partial charge in [-0.15, -0.1) is 24.0 Å². The van der Waals surface area contributed by atoms with Gasteiger partial charge in [-0.2, -0.15) is 13.2 Å². The molecule has 154 valence electrons. The zero-order valence-corrected chi connectivity index (χ0v) is 18.1. The number of nitrogens with one attached hydrogen (secondary N) is 2. The molecule has 0 heterocycles. The summed E-state index contributed by atoms with van der Waals surface area (Å²) in [7, 11) is 0. The molecule has 2 unspecified atom stereocenters. The van der Waals surface area contributed by atoms with Gasteiger partial charge in [-0.3, -0.25) is 4.99 Å². The SMILES string of the molecule is CCNC(=NCC1(C)CCCCC1O)NC1CCC(C(F)(F)F)CC1.I. The van der Waals surface area contributed by atoms with E-state index in [-0.39, 0.29) is 54.4 Å². The molecule has 0 bridgehead atoms. The average Bonchev–Trinajstić information content (AvgIpc) is 2.56. The van der Waals surface area contributed by atoms with Gasteiger partial charge in [0.05, 0.1) is 18.6 Å². The van der Waals surface area contributed by atoms with E-state index in [9.17, 15) is 18.3 Å². The van der Waals surface area contributed by atoms with E-state index in [1.807, 2.05) is 6.92 Å². The second-order valence-corrected chi connectivity index (χ2v) is 7.85. The number of aliphatic hydroxyl groups is 1. The lowest BCUT2D eigenvalue weighted by Gasteiger charge is -2.37. The number of hydrogen-bond donors (Lipinski definition) is 3. The maximum absolute atomic E-state index is 12.8.